The Labute approximate surface area is 178 Å². The summed E-state index contributed by atoms with van der Waals surface area (Å²) < 4.78 is 13.3. The van der Waals surface area contributed by atoms with Crippen molar-refractivity contribution in [2.75, 3.05) is 13.1 Å². The third kappa shape index (κ3) is 5.24. The lowest BCUT2D eigenvalue weighted by atomic mass is 9.99. The molecule has 1 fully saturated rings. The Morgan fingerprint density at radius 3 is 2.55 bits per heavy atom. The van der Waals surface area contributed by atoms with Gasteiger partial charge in [-0.3, -0.25) is 9.59 Å². The first kappa shape index (κ1) is 22.4. The normalized spacial score (nSPS) is 17.6. The van der Waals surface area contributed by atoms with Crippen LogP contribution in [0, 0.1) is 17.1 Å². The lowest BCUT2D eigenvalue weighted by molar-refractivity contribution is -0.152. The second-order valence-corrected chi connectivity index (χ2v) is 7.44. The van der Waals surface area contributed by atoms with E-state index in [9.17, 15) is 29.5 Å². The number of nitrogens with zero attached hydrogens (tertiary/aromatic N) is 2. The molecule has 0 aliphatic carbocycles. The number of carbonyl (C=O) groups is 2. The molecule has 0 unspecified atom stereocenters. The maximum Gasteiger partial charge on any atom is 0.254 e. The Balaban J connectivity index is 1.58. The Bertz CT molecular complexity index is 1010. The molecule has 0 saturated carbocycles. The van der Waals surface area contributed by atoms with Crippen LogP contribution in [0.2, 0.25) is 0 Å². The van der Waals surface area contributed by atoms with E-state index in [0.717, 1.165) is 6.07 Å². The van der Waals surface area contributed by atoms with Crippen molar-refractivity contribution in [3.8, 4) is 17.2 Å². The van der Waals surface area contributed by atoms with Crippen LogP contribution < -0.4 is 11.1 Å². The highest BCUT2D eigenvalue weighted by Gasteiger charge is 2.35. The van der Waals surface area contributed by atoms with Crippen molar-refractivity contribution >= 4 is 11.8 Å². The lowest BCUT2D eigenvalue weighted by Crippen LogP contribution is -2.50. The molecule has 2 aromatic carbocycles. The molecule has 5 N–H and O–H groups in total. The topological polar surface area (TPSA) is 140 Å². The molecule has 0 aromatic heterocycles. The molecule has 0 spiro atoms. The minimum atomic E-state index is -1.90. The van der Waals surface area contributed by atoms with Gasteiger partial charge in [0.2, 0.25) is 0 Å². The van der Waals surface area contributed by atoms with Gasteiger partial charge in [0.15, 0.2) is 12.2 Å². The highest BCUT2D eigenvalue weighted by Crippen LogP contribution is 2.24. The van der Waals surface area contributed by atoms with Crippen LogP contribution >= 0.6 is 0 Å². The standard InChI is InChI=1S/C22H23FN4O4/c23-16-5-6-18(15(9-16)10-24)14-3-1-13(2-4-14)11-26-21(30)19(28)20(29)22(31)27-8-7-17(25)12-27/h1-6,9,17,19-20,28-29H,7-8,11-12,25H2,(H,26,30)/t17-,19+,20+/m0/s1. The molecule has 8 nitrogen and oxygen atoms in total. The molecule has 3 atom stereocenters. The van der Waals surface area contributed by atoms with E-state index in [1.165, 1.54) is 17.0 Å². The Morgan fingerprint density at radius 1 is 1.23 bits per heavy atom. The maximum atomic E-state index is 13.3. The number of hydrogen-bond acceptors (Lipinski definition) is 6. The molecule has 9 heteroatoms. The summed E-state index contributed by atoms with van der Waals surface area (Å²) in [5.74, 6) is -2.10. The summed E-state index contributed by atoms with van der Waals surface area (Å²) in [5, 5.41) is 31.7. The van der Waals surface area contributed by atoms with Gasteiger partial charge in [0.1, 0.15) is 5.82 Å². The molecule has 2 aromatic rings. The van der Waals surface area contributed by atoms with Crippen LogP contribution in [0.15, 0.2) is 42.5 Å². The van der Waals surface area contributed by atoms with Crippen molar-refractivity contribution in [2.24, 2.45) is 5.73 Å². The number of nitrogens with one attached hydrogen (secondary N) is 1. The summed E-state index contributed by atoms with van der Waals surface area (Å²) in [6, 6.07) is 12.6. The van der Waals surface area contributed by atoms with Gasteiger partial charge in [-0.1, -0.05) is 30.3 Å². The third-order valence-electron chi connectivity index (χ3n) is 5.19. The first-order valence-electron chi connectivity index (χ1n) is 9.77. The van der Waals surface area contributed by atoms with E-state index < -0.39 is 29.8 Å². The van der Waals surface area contributed by atoms with Gasteiger partial charge in [0, 0.05) is 25.7 Å². The number of carbonyl (C=O) groups excluding carboxylic acids is 2. The van der Waals surface area contributed by atoms with Gasteiger partial charge in [-0.2, -0.15) is 5.26 Å². The van der Waals surface area contributed by atoms with Crippen LogP contribution in [-0.4, -0.2) is 58.3 Å². The van der Waals surface area contributed by atoms with Gasteiger partial charge in [-0.15, -0.1) is 0 Å². The van der Waals surface area contributed by atoms with E-state index in [4.69, 9.17) is 5.73 Å². The smallest absolute Gasteiger partial charge is 0.254 e. The predicted octanol–water partition coefficient (Wildman–Crippen LogP) is 0.262. The Morgan fingerprint density at radius 2 is 1.94 bits per heavy atom. The van der Waals surface area contributed by atoms with Crippen LogP contribution in [0.25, 0.3) is 11.1 Å². The highest BCUT2D eigenvalue weighted by molar-refractivity contribution is 5.90. The zero-order valence-corrected chi connectivity index (χ0v) is 16.7. The fraction of sp³-hybridized carbons (Fsp3) is 0.318. The quantitative estimate of drug-likeness (QED) is 0.523. The van der Waals surface area contributed by atoms with Crippen molar-refractivity contribution < 1.29 is 24.2 Å². The SMILES string of the molecule is N#Cc1cc(F)ccc1-c1ccc(CNC(=O)[C@H](O)[C@@H](O)C(=O)N2CC[C@H](N)C2)cc1. The monoisotopic (exact) mass is 426 g/mol. The maximum absolute atomic E-state index is 13.3. The van der Waals surface area contributed by atoms with Crippen LogP contribution in [0.4, 0.5) is 4.39 Å². The molecular weight excluding hydrogens is 403 g/mol. The fourth-order valence-electron chi connectivity index (χ4n) is 3.41. The zero-order valence-electron chi connectivity index (χ0n) is 16.7. The van der Waals surface area contributed by atoms with Crippen LogP contribution in [0.3, 0.4) is 0 Å². The van der Waals surface area contributed by atoms with Crippen molar-refractivity contribution in [1.82, 2.24) is 10.2 Å². The second kappa shape index (κ2) is 9.66. The fourth-order valence-corrected chi connectivity index (χ4v) is 3.41. The van der Waals surface area contributed by atoms with E-state index >= 15 is 0 Å². The van der Waals surface area contributed by atoms with Gasteiger partial charge in [0.25, 0.3) is 11.8 Å². The Kier molecular flexibility index (Phi) is 6.97. The third-order valence-corrected chi connectivity index (χ3v) is 5.19. The zero-order chi connectivity index (χ0) is 22.5. The summed E-state index contributed by atoms with van der Waals surface area (Å²) in [6.07, 6.45) is -3.17. The molecule has 0 radical (unpaired) electrons. The summed E-state index contributed by atoms with van der Waals surface area (Å²) >= 11 is 0. The molecule has 3 rings (SSSR count). The average Bonchev–Trinajstić information content (AvgIpc) is 3.22. The molecule has 1 saturated heterocycles. The predicted molar refractivity (Wildman–Crippen MR) is 110 cm³/mol. The number of halogens is 1. The molecule has 0 bridgehead atoms. The minimum Gasteiger partial charge on any atom is -0.380 e. The first-order chi connectivity index (χ1) is 14.8. The molecule has 1 aliphatic heterocycles. The Hall–Kier alpha value is -3.32. The number of hydrogen-bond donors (Lipinski definition) is 4. The molecule has 2 amide bonds. The number of aliphatic hydroxyl groups excluding tert-OH is 2. The van der Waals surface area contributed by atoms with Crippen LogP contribution in [0.5, 0.6) is 0 Å². The van der Waals surface area contributed by atoms with Crippen molar-refractivity contribution in [1.29, 1.82) is 5.26 Å². The van der Waals surface area contributed by atoms with E-state index in [1.54, 1.807) is 24.3 Å². The number of rotatable bonds is 6. The second-order valence-electron chi connectivity index (χ2n) is 7.44. The number of benzene rings is 2. The highest BCUT2D eigenvalue weighted by atomic mass is 19.1. The molecule has 31 heavy (non-hydrogen) atoms. The summed E-state index contributed by atoms with van der Waals surface area (Å²) in [6.45, 7) is 0.706. The lowest BCUT2D eigenvalue weighted by Gasteiger charge is -2.22. The van der Waals surface area contributed by atoms with Crippen LogP contribution in [-0.2, 0) is 16.1 Å². The molecule has 1 heterocycles. The first-order valence-corrected chi connectivity index (χ1v) is 9.77. The number of amides is 2. The van der Waals surface area contributed by atoms with Gasteiger partial charge in [0.05, 0.1) is 11.6 Å². The van der Waals surface area contributed by atoms with Crippen LogP contribution in [0.1, 0.15) is 17.5 Å². The minimum absolute atomic E-state index is 0.0558. The van der Waals surface area contributed by atoms with Gasteiger partial charge in [-0.25, -0.2) is 4.39 Å². The molecular formula is C22H23FN4O4. The van der Waals surface area contributed by atoms with Crippen molar-refractivity contribution in [3.05, 3.63) is 59.4 Å². The van der Waals surface area contributed by atoms with E-state index in [1.807, 2.05) is 6.07 Å². The average molecular weight is 426 g/mol. The van der Waals surface area contributed by atoms with Crippen molar-refractivity contribution in [3.63, 3.8) is 0 Å². The number of nitrogens with two attached hydrogens (primary N) is 1. The number of aliphatic hydroxyl groups is 2. The molecule has 162 valence electrons. The molecule has 1 aliphatic rings. The van der Waals surface area contributed by atoms with E-state index in [2.05, 4.69) is 5.32 Å². The summed E-state index contributed by atoms with van der Waals surface area (Å²) in [5.41, 5.74) is 7.92. The van der Waals surface area contributed by atoms with Gasteiger partial charge < -0.3 is 26.2 Å². The number of likely N-dealkylation sites (tertiary alicyclic amines) is 1. The number of nitriles is 1. The van der Waals surface area contributed by atoms with Gasteiger partial charge >= 0.3 is 0 Å². The summed E-state index contributed by atoms with van der Waals surface area (Å²) in [4.78, 5) is 25.7. The van der Waals surface area contributed by atoms with E-state index in [0.29, 0.717) is 29.7 Å². The summed E-state index contributed by atoms with van der Waals surface area (Å²) in [7, 11) is 0. The van der Waals surface area contributed by atoms with Crippen molar-refractivity contribution in [2.45, 2.75) is 31.2 Å². The van der Waals surface area contributed by atoms with Gasteiger partial charge in [-0.05, 0) is 35.2 Å². The largest absolute Gasteiger partial charge is 0.380 e. The van der Waals surface area contributed by atoms with E-state index in [-0.39, 0.29) is 24.7 Å².